The number of aryl methyl sites for hydroxylation is 1. The van der Waals surface area contributed by atoms with Crippen LogP contribution in [0.1, 0.15) is 33.8 Å². The van der Waals surface area contributed by atoms with Gasteiger partial charge in [0.2, 0.25) is 5.91 Å². The molecule has 2 aromatic rings. The molecule has 2 amide bonds. The van der Waals surface area contributed by atoms with E-state index < -0.39 is 0 Å². The molecule has 3 rings (SSSR count). The fourth-order valence-electron chi connectivity index (χ4n) is 2.78. The molecule has 2 aromatic heterocycles. The van der Waals surface area contributed by atoms with Crippen molar-refractivity contribution in [3.05, 3.63) is 44.8 Å². The Morgan fingerprint density at radius 1 is 1.13 bits per heavy atom. The van der Waals surface area contributed by atoms with Crippen LogP contribution in [0.2, 0.25) is 0 Å². The van der Waals surface area contributed by atoms with Crippen LogP contribution in [0, 0.1) is 0 Å². The van der Waals surface area contributed by atoms with E-state index in [9.17, 15) is 9.59 Å². The minimum Gasteiger partial charge on any atom is -0.348 e. The Bertz CT molecular complexity index is 630. The molecule has 1 fully saturated rings. The van der Waals surface area contributed by atoms with Crippen LogP contribution in [0.5, 0.6) is 0 Å². The third-order valence-corrected chi connectivity index (χ3v) is 5.90. The maximum Gasteiger partial charge on any atom is 0.261 e. The van der Waals surface area contributed by atoms with Crippen molar-refractivity contribution >= 4 is 34.5 Å². The van der Waals surface area contributed by atoms with Gasteiger partial charge in [-0.15, -0.1) is 22.7 Å². The number of hydrogen-bond donors (Lipinski definition) is 1. The molecule has 0 unspecified atom stereocenters. The molecule has 1 aliphatic heterocycles. The normalized spacial score (nSPS) is 15.6. The Balaban J connectivity index is 1.41. The lowest BCUT2D eigenvalue weighted by Gasteiger charge is -2.32. The first-order chi connectivity index (χ1) is 11.2. The number of carbonyl (C=O) groups is 2. The van der Waals surface area contributed by atoms with Gasteiger partial charge < -0.3 is 10.2 Å². The monoisotopic (exact) mass is 348 g/mol. The number of nitrogens with zero attached hydrogens (tertiary/aromatic N) is 1. The van der Waals surface area contributed by atoms with Crippen molar-refractivity contribution in [1.29, 1.82) is 0 Å². The number of hydrogen-bond acceptors (Lipinski definition) is 4. The molecule has 122 valence electrons. The van der Waals surface area contributed by atoms with Crippen molar-refractivity contribution < 1.29 is 9.59 Å². The van der Waals surface area contributed by atoms with Crippen LogP contribution in [0.25, 0.3) is 0 Å². The lowest BCUT2D eigenvalue weighted by molar-refractivity contribution is -0.132. The number of piperidine rings is 1. The van der Waals surface area contributed by atoms with E-state index in [1.807, 2.05) is 33.9 Å². The molecule has 0 aromatic carbocycles. The average molecular weight is 348 g/mol. The summed E-state index contributed by atoms with van der Waals surface area (Å²) in [6.45, 7) is 1.47. The van der Waals surface area contributed by atoms with Gasteiger partial charge in [-0.1, -0.05) is 12.1 Å². The van der Waals surface area contributed by atoms with Gasteiger partial charge in [0.1, 0.15) is 0 Å². The van der Waals surface area contributed by atoms with Crippen LogP contribution >= 0.6 is 22.7 Å². The van der Waals surface area contributed by atoms with E-state index in [4.69, 9.17) is 0 Å². The number of carbonyl (C=O) groups excluding carboxylic acids is 2. The van der Waals surface area contributed by atoms with Gasteiger partial charge >= 0.3 is 0 Å². The van der Waals surface area contributed by atoms with E-state index >= 15 is 0 Å². The van der Waals surface area contributed by atoms with Gasteiger partial charge in [-0.25, -0.2) is 0 Å². The van der Waals surface area contributed by atoms with Crippen molar-refractivity contribution in [2.45, 2.75) is 31.7 Å². The molecule has 4 nitrogen and oxygen atoms in total. The first kappa shape index (κ1) is 16.2. The van der Waals surface area contributed by atoms with Crippen molar-refractivity contribution in [3.8, 4) is 0 Å². The molecule has 23 heavy (non-hydrogen) atoms. The van der Waals surface area contributed by atoms with E-state index in [0.29, 0.717) is 6.42 Å². The fourth-order valence-corrected chi connectivity index (χ4v) is 4.12. The smallest absolute Gasteiger partial charge is 0.261 e. The second-order valence-electron chi connectivity index (χ2n) is 5.69. The third-order valence-electron chi connectivity index (χ3n) is 4.09. The first-order valence-corrected chi connectivity index (χ1v) is 9.63. The molecule has 6 heteroatoms. The summed E-state index contributed by atoms with van der Waals surface area (Å²) < 4.78 is 0. The zero-order valence-electron chi connectivity index (χ0n) is 12.9. The Morgan fingerprint density at radius 2 is 1.87 bits per heavy atom. The van der Waals surface area contributed by atoms with Crippen LogP contribution in [0.3, 0.4) is 0 Å². The third kappa shape index (κ3) is 4.42. The standard InChI is InChI=1S/C17H20N2O2S2/c20-16(6-5-14-3-1-11-22-14)19-9-7-13(8-10-19)18-17(21)15-4-2-12-23-15/h1-4,11-13H,5-10H2,(H,18,21). The van der Waals surface area contributed by atoms with E-state index in [1.165, 1.54) is 16.2 Å². The highest BCUT2D eigenvalue weighted by Crippen LogP contribution is 2.16. The topological polar surface area (TPSA) is 49.4 Å². The molecule has 0 atom stereocenters. The predicted octanol–water partition coefficient (Wildman–Crippen LogP) is 3.16. The number of rotatable bonds is 5. The second-order valence-corrected chi connectivity index (χ2v) is 7.67. The van der Waals surface area contributed by atoms with Gasteiger partial charge in [0.25, 0.3) is 5.91 Å². The van der Waals surface area contributed by atoms with Gasteiger partial charge in [0.05, 0.1) is 4.88 Å². The predicted molar refractivity (Wildman–Crippen MR) is 94.0 cm³/mol. The van der Waals surface area contributed by atoms with Crippen molar-refractivity contribution in [2.24, 2.45) is 0 Å². The van der Waals surface area contributed by atoms with Gasteiger partial charge in [0.15, 0.2) is 0 Å². The molecule has 0 aliphatic carbocycles. The second kappa shape index (κ2) is 7.75. The molecule has 0 radical (unpaired) electrons. The summed E-state index contributed by atoms with van der Waals surface area (Å²) in [5.41, 5.74) is 0. The number of amides is 2. The highest BCUT2D eigenvalue weighted by atomic mass is 32.1. The van der Waals surface area contributed by atoms with Gasteiger partial charge in [0, 0.05) is 30.4 Å². The summed E-state index contributed by atoms with van der Waals surface area (Å²) in [6.07, 6.45) is 3.07. The zero-order chi connectivity index (χ0) is 16.1. The zero-order valence-corrected chi connectivity index (χ0v) is 14.5. The van der Waals surface area contributed by atoms with E-state index in [0.717, 1.165) is 37.2 Å². The van der Waals surface area contributed by atoms with E-state index in [1.54, 1.807) is 11.3 Å². The van der Waals surface area contributed by atoms with Crippen molar-refractivity contribution in [1.82, 2.24) is 10.2 Å². The highest BCUT2D eigenvalue weighted by molar-refractivity contribution is 7.12. The van der Waals surface area contributed by atoms with Crippen LogP contribution < -0.4 is 5.32 Å². The minimum absolute atomic E-state index is 0.00229. The maximum atomic E-state index is 12.3. The van der Waals surface area contributed by atoms with E-state index in [2.05, 4.69) is 11.4 Å². The van der Waals surface area contributed by atoms with Crippen molar-refractivity contribution in [2.75, 3.05) is 13.1 Å². The summed E-state index contributed by atoms with van der Waals surface area (Å²) in [5, 5.41) is 7.02. The molecule has 0 bridgehead atoms. The lowest BCUT2D eigenvalue weighted by atomic mass is 10.0. The number of thiophene rings is 2. The van der Waals surface area contributed by atoms with Gasteiger partial charge in [-0.3, -0.25) is 9.59 Å². The number of nitrogens with one attached hydrogen (secondary N) is 1. The average Bonchev–Trinajstić information content (AvgIpc) is 3.26. The molecular weight excluding hydrogens is 328 g/mol. The summed E-state index contributed by atoms with van der Waals surface area (Å²) in [5.74, 6) is 0.226. The Hall–Kier alpha value is -1.66. The molecule has 0 spiro atoms. The first-order valence-electron chi connectivity index (χ1n) is 7.87. The largest absolute Gasteiger partial charge is 0.348 e. The van der Waals surface area contributed by atoms with Crippen LogP contribution in [0.15, 0.2) is 35.0 Å². The molecule has 1 N–H and O–H groups in total. The van der Waals surface area contributed by atoms with Crippen LogP contribution in [-0.4, -0.2) is 35.8 Å². The lowest BCUT2D eigenvalue weighted by Crippen LogP contribution is -2.46. The van der Waals surface area contributed by atoms with Gasteiger partial charge in [-0.05, 0) is 42.2 Å². The Kier molecular flexibility index (Phi) is 5.46. The minimum atomic E-state index is 0.00229. The quantitative estimate of drug-likeness (QED) is 0.902. The SMILES string of the molecule is O=C(NC1CCN(C(=O)CCc2cccs2)CC1)c1cccs1. The molecule has 3 heterocycles. The summed E-state index contributed by atoms with van der Waals surface area (Å²) in [6, 6.07) is 7.99. The number of likely N-dealkylation sites (tertiary alicyclic amines) is 1. The molecule has 1 aliphatic rings. The van der Waals surface area contributed by atoms with Gasteiger partial charge in [-0.2, -0.15) is 0 Å². The fraction of sp³-hybridized carbons (Fsp3) is 0.412. The Morgan fingerprint density at radius 3 is 2.52 bits per heavy atom. The van der Waals surface area contributed by atoms with Crippen molar-refractivity contribution in [3.63, 3.8) is 0 Å². The summed E-state index contributed by atoms with van der Waals surface area (Å²) >= 11 is 3.15. The molecular formula is C17H20N2O2S2. The molecule has 1 saturated heterocycles. The maximum absolute atomic E-state index is 12.3. The summed E-state index contributed by atoms with van der Waals surface area (Å²) in [4.78, 5) is 28.2. The van der Waals surface area contributed by atoms with E-state index in [-0.39, 0.29) is 17.9 Å². The Labute approximate surface area is 144 Å². The molecule has 0 saturated carbocycles. The highest BCUT2D eigenvalue weighted by Gasteiger charge is 2.24. The van der Waals surface area contributed by atoms with Crippen LogP contribution in [-0.2, 0) is 11.2 Å². The van der Waals surface area contributed by atoms with Crippen LogP contribution in [0.4, 0.5) is 0 Å². The summed E-state index contributed by atoms with van der Waals surface area (Å²) in [7, 11) is 0.